The van der Waals surface area contributed by atoms with Crippen LogP contribution in [-0.2, 0) is 4.79 Å². The number of hydrogen-bond donors (Lipinski definition) is 1. The molecule has 0 saturated heterocycles. The maximum Gasteiger partial charge on any atom is 0.248 e. The van der Waals surface area contributed by atoms with Gasteiger partial charge >= 0.3 is 0 Å². The molecular weight excluding hydrogens is 348 g/mol. The van der Waals surface area contributed by atoms with Gasteiger partial charge in [-0.15, -0.1) is 0 Å². The maximum atomic E-state index is 12.3. The molecule has 0 aliphatic heterocycles. The Morgan fingerprint density at radius 2 is 1.82 bits per heavy atom. The van der Waals surface area contributed by atoms with Crippen molar-refractivity contribution in [2.24, 2.45) is 0 Å². The number of nitrogens with one attached hydrogen (secondary N) is 1. The minimum absolute atomic E-state index is 0.183. The Labute approximate surface area is 163 Å². The van der Waals surface area contributed by atoms with Gasteiger partial charge in [0.1, 0.15) is 5.52 Å². The summed E-state index contributed by atoms with van der Waals surface area (Å²) < 4.78 is 5.90. The predicted octanol–water partition coefficient (Wildman–Crippen LogP) is 5.76. The van der Waals surface area contributed by atoms with Crippen LogP contribution in [0.4, 0.5) is 5.69 Å². The van der Waals surface area contributed by atoms with Crippen molar-refractivity contribution >= 4 is 28.8 Å². The number of aromatic nitrogens is 1. The third-order valence-electron chi connectivity index (χ3n) is 4.51. The Bertz CT molecular complexity index is 1170. The Morgan fingerprint density at radius 3 is 2.64 bits per heavy atom. The normalized spacial score (nSPS) is 11.2. The van der Waals surface area contributed by atoms with Crippen molar-refractivity contribution in [3.8, 4) is 11.5 Å². The van der Waals surface area contributed by atoms with E-state index in [1.807, 2.05) is 80.6 Å². The summed E-state index contributed by atoms with van der Waals surface area (Å²) in [5, 5.41) is 2.94. The van der Waals surface area contributed by atoms with Gasteiger partial charge in [-0.1, -0.05) is 42.5 Å². The van der Waals surface area contributed by atoms with Gasteiger partial charge in [0.05, 0.1) is 0 Å². The molecule has 1 amide bonds. The predicted molar refractivity (Wildman–Crippen MR) is 113 cm³/mol. The molecule has 1 heterocycles. The maximum absolute atomic E-state index is 12.3. The monoisotopic (exact) mass is 368 g/mol. The average Bonchev–Trinajstić information content (AvgIpc) is 3.12. The van der Waals surface area contributed by atoms with Crippen molar-refractivity contribution in [2.45, 2.75) is 13.8 Å². The van der Waals surface area contributed by atoms with Gasteiger partial charge in [-0.3, -0.25) is 4.79 Å². The van der Waals surface area contributed by atoms with E-state index in [2.05, 4.69) is 10.3 Å². The third-order valence-corrected chi connectivity index (χ3v) is 4.51. The zero-order valence-corrected chi connectivity index (χ0v) is 15.8. The summed E-state index contributed by atoms with van der Waals surface area (Å²) in [6.45, 7) is 3.97. The lowest BCUT2D eigenvalue weighted by molar-refractivity contribution is -0.111. The van der Waals surface area contributed by atoms with Gasteiger partial charge in [-0.05, 0) is 60.9 Å². The minimum atomic E-state index is -0.183. The van der Waals surface area contributed by atoms with Gasteiger partial charge in [0.25, 0.3) is 0 Å². The van der Waals surface area contributed by atoms with Crippen molar-refractivity contribution in [3.63, 3.8) is 0 Å². The van der Waals surface area contributed by atoms with Crippen molar-refractivity contribution in [3.05, 3.63) is 89.5 Å². The first-order valence-corrected chi connectivity index (χ1v) is 9.11. The molecule has 28 heavy (non-hydrogen) atoms. The molecule has 4 rings (SSSR count). The molecule has 4 heteroatoms. The smallest absolute Gasteiger partial charge is 0.248 e. The van der Waals surface area contributed by atoms with E-state index in [4.69, 9.17) is 4.42 Å². The molecule has 1 aromatic heterocycles. The summed E-state index contributed by atoms with van der Waals surface area (Å²) in [6.07, 6.45) is 3.32. The number of carbonyl (C=O) groups excluding carboxylic acids is 1. The summed E-state index contributed by atoms with van der Waals surface area (Å²) in [5.41, 5.74) is 6.20. The number of fused-ring (bicyclic) bond motifs is 1. The standard InChI is InChI=1S/C24H20N2O2/c1-16-8-12-20-22(14-16)28-24(26-20)19-11-9-17(2)21(15-19)25-23(27)13-10-18-6-4-3-5-7-18/h3-15H,1-2H3,(H,25,27)/b13-10+. The quantitative estimate of drug-likeness (QED) is 0.466. The lowest BCUT2D eigenvalue weighted by Crippen LogP contribution is -2.09. The van der Waals surface area contributed by atoms with E-state index < -0.39 is 0 Å². The van der Waals surface area contributed by atoms with Crippen molar-refractivity contribution in [2.75, 3.05) is 5.32 Å². The van der Waals surface area contributed by atoms with Crippen LogP contribution in [0.15, 0.2) is 77.2 Å². The molecule has 0 unspecified atom stereocenters. The third kappa shape index (κ3) is 3.86. The molecule has 0 spiro atoms. The van der Waals surface area contributed by atoms with Crippen LogP contribution in [-0.4, -0.2) is 10.9 Å². The molecule has 0 atom stereocenters. The molecule has 0 aliphatic carbocycles. The topological polar surface area (TPSA) is 55.1 Å². The second-order valence-electron chi connectivity index (χ2n) is 6.75. The SMILES string of the molecule is Cc1ccc2nc(-c3ccc(C)c(NC(=O)/C=C/c4ccccc4)c3)oc2c1. The van der Waals surface area contributed by atoms with Crippen LogP contribution in [0, 0.1) is 13.8 Å². The molecule has 0 aliphatic rings. The van der Waals surface area contributed by atoms with E-state index in [1.54, 1.807) is 6.08 Å². The Balaban J connectivity index is 1.58. The number of hydrogen-bond acceptors (Lipinski definition) is 3. The zero-order valence-electron chi connectivity index (χ0n) is 15.8. The van der Waals surface area contributed by atoms with Crippen molar-refractivity contribution in [1.29, 1.82) is 0 Å². The first-order chi connectivity index (χ1) is 13.6. The molecule has 4 aromatic rings. The zero-order chi connectivity index (χ0) is 19.5. The first kappa shape index (κ1) is 17.7. The van der Waals surface area contributed by atoms with Crippen LogP contribution in [0.2, 0.25) is 0 Å². The van der Waals surface area contributed by atoms with Gasteiger partial charge in [-0.25, -0.2) is 4.98 Å². The molecule has 0 saturated carbocycles. The lowest BCUT2D eigenvalue weighted by Gasteiger charge is -2.08. The molecule has 0 radical (unpaired) electrons. The Morgan fingerprint density at radius 1 is 1.00 bits per heavy atom. The summed E-state index contributed by atoms with van der Waals surface area (Å²) in [5.74, 6) is 0.355. The number of aryl methyl sites for hydroxylation is 2. The summed E-state index contributed by atoms with van der Waals surface area (Å²) >= 11 is 0. The Hall–Kier alpha value is -3.66. The highest BCUT2D eigenvalue weighted by Gasteiger charge is 2.11. The van der Waals surface area contributed by atoms with Crippen LogP contribution in [0.3, 0.4) is 0 Å². The van der Waals surface area contributed by atoms with Crippen LogP contribution in [0.1, 0.15) is 16.7 Å². The van der Waals surface area contributed by atoms with Gasteiger partial charge in [0.2, 0.25) is 11.8 Å². The van der Waals surface area contributed by atoms with E-state index in [9.17, 15) is 4.79 Å². The van der Waals surface area contributed by atoms with Crippen LogP contribution < -0.4 is 5.32 Å². The second kappa shape index (κ2) is 7.53. The van der Waals surface area contributed by atoms with Crippen molar-refractivity contribution in [1.82, 2.24) is 4.98 Å². The van der Waals surface area contributed by atoms with E-state index in [-0.39, 0.29) is 5.91 Å². The van der Waals surface area contributed by atoms with Crippen molar-refractivity contribution < 1.29 is 9.21 Å². The number of oxazole rings is 1. The molecule has 3 aromatic carbocycles. The fourth-order valence-corrected chi connectivity index (χ4v) is 2.96. The first-order valence-electron chi connectivity index (χ1n) is 9.11. The van der Waals surface area contributed by atoms with Gasteiger partial charge in [0, 0.05) is 17.3 Å². The summed E-state index contributed by atoms with van der Waals surface area (Å²) in [4.78, 5) is 16.9. The van der Waals surface area contributed by atoms with E-state index in [0.29, 0.717) is 5.89 Å². The van der Waals surface area contributed by atoms with Crippen LogP contribution >= 0.6 is 0 Å². The highest BCUT2D eigenvalue weighted by molar-refractivity contribution is 6.02. The van der Waals surface area contributed by atoms with Gasteiger partial charge in [0.15, 0.2) is 5.58 Å². The fourth-order valence-electron chi connectivity index (χ4n) is 2.96. The highest BCUT2D eigenvalue weighted by Crippen LogP contribution is 2.28. The molecule has 0 bridgehead atoms. The van der Waals surface area contributed by atoms with E-state index >= 15 is 0 Å². The Kier molecular flexibility index (Phi) is 4.77. The minimum Gasteiger partial charge on any atom is -0.436 e. The second-order valence-corrected chi connectivity index (χ2v) is 6.75. The number of benzene rings is 3. The van der Waals surface area contributed by atoms with Gasteiger partial charge < -0.3 is 9.73 Å². The van der Waals surface area contributed by atoms with E-state index in [1.165, 1.54) is 6.08 Å². The van der Waals surface area contributed by atoms with Gasteiger partial charge in [-0.2, -0.15) is 0 Å². The summed E-state index contributed by atoms with van der Waals surface area (Å²) in [6, 6.07) is 21.4. The number of nitrogens with zero attached hydrogens (tertiary/aromatic N) is 1. The molecular formula is C24H20N2O2. The molecule has 138 valence electrons. The average molecular weight is 368 g/mol. The molecule has 1 N–H and O–H groups in total. The number of anilines is 1. The summed E-state index contributed by atoms with van der Waals surface area (Å²) in [7, 11) is 0. The largest absolute Gasteiger partial charge is 0.436 e. The van der Waals surface area contributed by atoms with Crippen LogP contribution in [0.25, 0.3) is 28.6 Å². The number of carbonyl (C=O) groups is 1. The fraction of sp³-hybridized carbons (Fsp3) is 0.0833. The lowest BCUT2D eigenvalue weighted by atomic mass is 10.1. The molecule has 0 fully saturated rings. The highest BCUT2D eigenvalue weighted by atomic mass is 16.3. The van der Waals surface area contributed by atoms with Crippen LogP contribution in [0.5, 0.6) is 0 Å². The number of rotatable bonds is 4. The number of amides is 1. The van der Waals surface area contributed by atoms with E-state index in [0.717, 1.165) is 39.0 Å². The molecule has 4 nitrogen and oxygen atoms in total.